The molecular formula is C20H17ClFN5O3S. The van der Waals surface area contributed by atoms with Crippen molar-refractivity contribution in [1.82, 2.24) is 10.2 Å². The van der Waals surface area contributed by atoms with E-state index in [0.717, 1.165) is 23.2 Å². The zero-order chi connectivity index (χ0) is 22.3. The lowest BCUT2D eigenvalue weighted by atomic mass is 9.88. The molecule has 160 valence electrons. The maximum Gasteiger partial charge on any atom is 0.242 e. The van der Waals surface area contributed by atoms with E-state index in [0.29, 0.717) is 5.69 Å². The number of fused-ring (bicyclic) bond motifs is 1. The van der Waals surface area contributed by atoms with Crippen LogP contribution in [0.4, 0.5) is 10.1 Å². The van der Waals surface area contributed by atoms with Gasteiger partial charge in [-0.25, -0.2) is 22.8 Å². The number of anilines is 1. The summed E-state index contributed by atoms with van der Waals surface area (Å²) in [6.45, 7) is 1.52. The van der Waals surface area contributed by atoms with Gasteiger partial charge in [-0.15, -0.1) is 0 Å². The van der Waals surface area contributed by atoms with Crippen molar-refractivity contribution in [1.29, 1.82) is 0 Å². The number of aromatic amines is 1. The number of nitrogens with zero attached hydrogens (tertiary/aromatic N) is 3. The molecule has 4 rings (SSSR count). The Morgan fingerprint density at radius 2 is 2.00 bits per heavy atom. The fourth-order valence-electron chi connectivity index (χ4n) is 3.41. The van der Waals surface area contributed by atoms with Crippen molar-refractivity contribution < 1.29 is 17.6 Å². The molecule has 0 bridgehead atoms. The van der Waals surface area contributed by atoms with Crippen LogP contribution in [0.15, 0.2) is 52.6 Å². The molecule has 0 aliphatic carbocycles. The van der Waals surface area contributed by atoms with Gasteiger partial charge in [-0.05, 0) is 37.3 Å². The summed E-state index contributed by atoms with van der Waals surface area (Å²) in [6, 6.07) is 8.00. The molecule has 0 radical (unpaired) electrons. The lowest BCUT2D eigenvalue weighted by Crippen LogP contribution is -2.37. The van der Waals surface area contributed by atoms with Gasteiger partial charge < -0.3 is 5.32 Å². The van der Waals surface area contributed by atoms with Gasteiger partial charge in [0, 0.05) is 33.6 Å². The molecule has 2 aromatic carbocycles. The first-order valence-electron chi connectivity index (χ1n) is 9.15. The molecule has 1 aliphatic rings. The third kappa shape index (κ3) is 4.21. The minimum absolute atomic E-state index is 0.0465. The van der Waals surface area contributed by atoms with Crippen LogP contribution in [-0.2, 0) is 14.6 Å². The van der Waals surface area contributed by atoms with Crippen LogP contribution in [0.1, 0.15) is 18.5 Å². The monoisotopic (exact) mass is 461 g/mol. The van der Waals surface area contributed by atoms with Crippen molar-refractivity contribution >= 4 is 54.8 Å². The third-order valence-electron chi connectivity index (χ3n) is 4.89. The molecule has 11 heteroatoms. The smallest absolute Gasteiger partial charge is 0.242 e. The number of rotatable bonds is 3. The number of hydrogen-bond acceptors (Lipinski definition) is 6. The van der Waals surface area contributed by atoms with Crippen LogP contribution in [0.3, 0.4) is 0 Å². The first-order chi connectivity index (χ1) is 14.6. The van der Waals surface area contributed by atoms with Crippen LogP contribution in [0.2, 0.25) is 5.02 Å². The number of aromatic nitrogens is 2. The molecule has 0 fully saturated rings. The Balaban J connectivity index is 1.74. The molecule has 1 aromatic heterocycles. The summed E-state index contributed by atoms with van der Waals surface area (Å²) in [6.07, 6.45) is 2.57. The summed E-state index contributed by atoms with van der Waals surface area (Å²) >= 11 is 5.85. The number of carbonyl (C=O) groups excluding carboxylic acids is 1. The van der Waals surface area contributed by atoms with Crippen molar-refractivity contribution in [3.05, 3.63) is 59.0 Å². The topological polar surface area (TPSA) is 117 Å². The molecule has 1 amide bonds. The molecule has 31 heavy (non-hydrogen) atoms. The number of hydrogen-bond donors (Lipinski definition) is 2. The molecule has 8 nitrogen and oxygen atoms in total. The standard InChI is InChI=1S/C20H17ClFN5O3S/c1-10-17(19(28)25-13-4-6-16-11(7-13)9-23-27-16)18(26-20(24-10)31(2,29)30)14-5-3-12(21)8-15(14)22/h3-9,17-18H,1-2H3,(H,23,27)(H,25,28). The molecule has 3 aromatic rings. The highest BCUT2D eigenvalue weighted by molar-refractivity contribution is 8.05. The minimum atomic E-state index is -3.77. The van der Waals surface area contributed by atoms with E-state index in [4.69, 9.17) is 11.6 Å². The molecule has 0 saturated heterocycles. The number of aliphatic imine (C=N–C) groups is 2. The average Bonchev–Trinajstić information content (AvgIpc) is 3.14. The second kappa shape index (κ2) is 7.86. The average molecular weight is 462 g/mol. The third-order valence-corrected chi connectivity index (χ3v) is 5.99. The molecule has 1 aliphatic heterocycles. The predicted octanol–water partition coefficient (Wildman–Crippen LogP) is 3.53. The zero-order valence-electron chi connectivity index (χ0n) is 16.4. The van der Waals surface area contributed by atoms with Crippen molar-refractivity contribution in [2.75, 3.05) is 11.6 Å². The van der Waals surface area contributed by atoms with Gasteiger partial charge in [0.25, 0.3) is 0 Å². The SMILES string of the molecule is CC1=NC(S(C)(=O)=O)=NC(c2ccc(Cl)cc2F)C1C(=O)Nc1ccc2[nH]ncc2c1. The van der Waals surface area contributed by atoms with E-state index < -0.39 is 38.7 Å². The van der Waals surface area contributed by atoms with E-state index in [1.54, 1.807) is 24.4 Å². The Bertz CT molecular complexity index is 1370. The Morgan fingerprint density at radius 3 is 2.71 bits per heavy atom. The van der Waals surface area contributed by atoms with Gasteiger partial charge in [0.15, 0.2) is 0 Å². The summed E-state index contributed by atoms with van der Waals surface area (Å²) in [5.74, 6) is -2.22. The van der Waals surface area contributed by atoms with Gasteiger partial charge in [-0.2, -0.15) is 5.10 Å². The number of carbonyl (C=O) groups is 1. The van der Waals surface area contributed by atoms with Gasteiger partial charge in [0.05, 0.1) is 17.8 Å². The van der Waals surface area contributed by atoms with Crippen LogP contribution < -0.4 is 5.32 Å². The van der Waals surface area contributed by atoms with Gasteiger partial charge in [0.1, 0.15) is 11.7 Å². The summed E-state index contributed by atoms with van der Waals surface area (Å²) in [5.41, 5.74) is 1.55. The maximum absolute atomic E-state index is 14.7. The van der Waals surface area contributed by atoms with Gasteiger partial charge in [-0.1, -0.05) is 17.7 Å². The van der Waals surface area contributed by atoms with E-state index in [2.05, 4.69) is 25.5 Å². The summed E-state index contributed by atoms with van der Waals surface area (Å²) in [4.78, 5) is 21.3. The molecule has 2 heterocycles. The van der Waals surface area contributed by atoms with Crippen LogP contribution in [0.5, 0.6) is 0 Å². The van der Waals surface area contributed by atoms with Gasteiger partial charge >= 0.3 is 0 Å². The van der Waals surface area contributed by atoms with Crippen LogP contribution >= 0.6 is 11.6 Å². The molecule has 0 saturated carbocycles. The summed E-state index contributed by atoms with van der Waals surface area (Å²) < 4.78 is 38.8. The predicted molar refractivity (Wildman–Crippen MR) is 118 cm³/mol. The number of H-pyrrole nitrogens is 1. The van der Waals surface area contributed by atoms with E-state index in [1.165, 1.54) is 19.1 Å². The first-order valence-corrected chi connectivity index (χ1v) is 11.4. The Labute approximate surface area is 182 Å². The minimum Gasteiger partial charge on any atom is -0.325 e. The molecule has 2 atom stereocenters. The number of benzene rings is 2. The highest BCUT2D eigenvalue weighted by Crippen LogP contribution is 2.35. The lowest BCUT2D eigenvalue weighted by molar-refractivity contribution is -0.118. The number of nitrogens with one attached hydrogen (secondary N) is 2. The quantitative estimate of drug-likeness (QED) is 0.620. The normalized spacial score (nSPS) is 19.1. The summed E-state index contributed by atoms with van der Waals surface area (Å²) in [7, 11) is -3.77. The Hall–Kier alpha value is -3.11. The molecule has 2 unspecified atom stereocenters. The van der Waals surface area contributed by atoms with Crippen molar-refractivity contribution in [3.63, 3.8) is 0 Å². The first kappa shape index (κ1) is 21.1. The van der Waals surface area contributed by atoms with Crippen LogP contribution in [0.25, 0.3) is 10.9 Å². The fourth-order valence-corrected chi connectivity index (χ4v) is 4.19. The Kier molecular flexibility index (Phi) is 5.36. The van der Waals surface area contributed by atoms with E-state index in [1.807, 2.05) is 0 Å². The number of sulfone groups is 1. The largest absolute Gasteiger partial charge is 0.325 e. The van der Waals surface area contributed by atoms with E-state index >= 15 is 0 Å². The molecule has 0 spiro atoms. The maximum atomic E-state index is 14.7. The zero-order valence-corrected chi connectivity index (χ0v) is 18.0. The van der Waals surface area contributed by atoms with Crippen LogP contribution in [0, 0.1) is 11.7 Å². The molecule has 2 N–H and O–H groups in total. The summed E-state index contributed by atoms with van der Waals surface area (Å²) in [5, 5.41) is 10.1. The van der Waals surface area contributed by atoms with Gasteiger partial charge in [0.2, 0.25) is 20.9 Å². The molecular weight excluding hydrogens is 445 g/mol. The second-order valence-corrected chi connectivity index (χ2v) is 9.53. The van der Waals surface area contributed by atoms with E-state index in [-0.39, 0.29) is 16.3 Å². The highest BCUT2D eigenvalue weighted by atomic mass is 35.5. The number of amides is 1. The lowest BCUT2D eigenvalue weighted by Gasteiger charge is -2.27. The number of halogens is 2. The van der Waals surface area contributed by atoms with Gasteiger partial charge in [-0.3, -0.25) is 9.89 Å². The van der Waals surface area contributed by atoms with Crippen LogP contribution in [-0.4, -0.2) is 41.7 Å². The van der Waals surface area contributed by atoms with Crippen molar-refractivity contribution in [3.8, 4) is 0 Å². The van der Waals surface area contributed by atoms with E-state index in [9.17, 15) is 17.6 Å². The second-order valence-electron chi connectivity index (χ2n) is 7.19. The fraction of sp³-hybridized carbons (Fsp3) is 0.200. The highest BCUT2D eigenvalue weighted by Gasteiger charge is 2.38. The number of amidine groups is 1. The van der Waals surface area contributed by atoms with Crippen molar-refractivity contribution in [2.45, 2.75) is 13.0 Å². The Morgan fingerprint density at radius 1 is 1.23 bits per heavy atom. The van der Waals surface area contributed by atoms with Crippen molar-refractivity contribution in [2.24, 2.45) is 15.9 Å².